The summed E-state index contributed by atoms with van der Waals surface area (Å²) in [6, 6.07) is 6.86. The topological polar surface area (TPSA) is 15.3 Å². The summed E-state index contributed by atoms with van der Waals surface area (Å²) < 4.78 is 2.26. The van der Waals surface area contributed by atoms with E-state index in [0.29, 0.717) is 6.04 Å². The largest absolute Gasteiger partial charge is 0.381 e. The van der Waals surface area contributed by atoms with E-state index in [4.69, 9.17) is 0 Å². The molecular formula is C13H18Br2N2. The SMILES string of the molecule is CCN1CCC(Nc2cc(Br)ccc2Br)CC1. The molecule has 2 nitrogen and oxygen atoms in total. The average molecular weight is 362 g/mol. The van der Waals surface area contributed by atoms with Gasteiger partial charge in [-0.25, -0.2) is 0 Å². The first-order chi connectivity index (χ1) is 8.19. The summed E-state index contributed by atoms with van der Waals surface area (Å²) in [5.74, 6) is 0. The number of likely N-dealkylation sites (tertiary alicyclic amines) is 1. The van der Waals surface area contributed by atoms with Gasteiger partial charge in [-0.3, -0.25) is 0 Å². The molecule has 17 heavy (non-hydrogen) atoms. The molecule has 0 atom stereocenters. The van der Waals surface area contributed by atoms with Crippen LogP contribution in [0.4, 0.5) is 5.69 Å². The number of anilines is 1. The first-order valence-electron chi connectivity index (χ1n) is 6.13. The summed E-state index contributed by atoms with van der Waals surface area (Å²) in [4.78, 5) is 2.51. The smallest absolute Gasteiger partial charge is 0.0498 e. The van der Waals surface area contributed by atoms with E-state index in [1.807, 2.05) is 0 Å². The quantitative estimate of drug-likeness (QED) is 0.871. The van der Waals surface area contributed by atoms with Crippen LogP contribution in [-0.4, -0.2) is 30.6 Å². The predicted molar refractivity (Wildman–Crippen MR) is 80.6 cm³/mol. The lowest BCUT2D eigenvalue weighted by Crippen LogP contribution is -2.38. The van der Waals surface area contributed by atoms with Crippen molar-refractivity contribution in [2.24, 2.45) is 0 Å². The summed E-state index contributed by atoms with van der Waals surface area (Å²) in [6.07, 6.45) is 2.46. The molecule has 1 aromatic rings. The molecule has 4 heteroatoms. The molecule has 0 radical (unpaired) electrons. The van der Waals surface area contributed by atoms with E-state index in [2.05, 4.69) is 67.2 Å². The Morgan fingerprint density at radius 1 is 1.29 bits per heavy atom. The van der Waals surface area contributed by atoms with Crippen LogP contribution in [0.2, 0.25) is 0 Å². The molecule has 1 aliphatic rings. The Bertz CT molecular complexity index is 374. The third kappa shape index (κ3) is 3.70. The number of rotatable bonds is 3. The van der Waals surface area contributed by atoms with Crippen molar-refractivity contribution in [1.29, 1.82) is 0 Å². The van der Waals surface area contributed by atoms with Gasteiger partial charge in [-0.1, -0.05) is 22.9 Å². The third-order valence-corrected chi connectivity index (χ3v) is 4.51. The second-order valence-corrected chi connectivity index (χ2v) is 6.25. The molecule has 1 aliphatic heterocycles. The van der Waals surface area contributed by atoms with Crippen molar-refractivity contribution in [3.05, 3.63) is 27.1 Å². The highest BCUT2D eigenvalue weighted by Gasteiger charge is 2.18. The van der Waals surface area contributed by atoms with Gasteiger partial charge < -0.3 is 10.2 Å². The summed E-state index contributed by atoms with van der Waals surface area (Å²) in [7, 11) is 0. The zero-order valence-electron chi connectivity index (χ0n) is 10.0. The van der Waals surface area contributed by atoms with E-state index in [9.17, 15) is 0 Å². The number of halogens is 2. The van der Waals surface area contributed by atoms with E-state index >= 15 is 0 Å². The minimum absolute atomic E-state index is 0.600. The van der Waals surface area contributed by atoms with Crippen molar-refractivity contribution in [2.45, 2.75) is 25.8 Å². The lowest BCUT2D eigenvalue weighted by Gasteiger charge is -2.32. The Labute approximate surface area is 120 Å². The Kier molecular flexibility index (Phi) is 4.88. The summed E-state index contributed by atoms with van der Waals surface area (Å²) in [5, 5.41) is 3.63. The van der Waals surface area contributed by atoms with E-state index in [-0.39, 0.29) is 0 Å². The van der Waals surface area contributed by atoms with Crippen LogP contribution >= 0.6 is 31.9 Å². The molecule has 0 saturated carbocycles. The Hall–Kier alpha value is -0.0600. The predicted octanol–water partition coefficient (Wildman–Crippen LogP) is 4.11. The molecule has 94 valence electrons. The van der Waals surface area contributed by atoms with Crippen molar-refractivity contribution in [1.82, 2.24) is 4.90 Å². The van der Waals surface area contributed by atoms with Crippen LogP contribution in [0, 0.1) is 0 Å². The molecule has 1 aromatic carbocycles. The first kappa shape index (κ1) is 13.4. The van der Waals surface area contributed by atoms with Gasteiger partial charge in [0.2, 0.25) is 0 Å². The van der Waals surface area contributed by atoms with Crippen LogP contribution in [0.15, 0.2) is 27.1 Å². The van der Waals surface area contributed by atoms with Gasteiger partial charge in [0.1, 0.15) is 0 Å². The highest BCUT2D eigenvalue weighted by Crippen LogP contribution is 2.28. The van der Waals surface area contributed by atoms with Gasteiger partial charge in [0, 0.05) is 33.8 Å². The minimum atomic E-state index is 0.600. The second-order valence-electron chi connectivity index (χ2n) is 4.48. The second kappa shape index (κ2) is 6.21. The fourth-order valence-electron chi connectivity index (χ4n) is 2.22. The molecule has 1 saturated heterocycles. The van der Waals surface area contributed by atoms with Crippen molar-refractivity contribution in [2.75, 3.05) is 25.0 Å². The van der Waals surface area contributed by atoms with E-state index in [0.717, 1.165) is 8.95 Å². The lowest BCUT2D eigenvalue weighted by atomic mass is 10.0. The maximum atomic E-state index is 3.63. The Morgan fingerprint density at radius 3 is 2.65 bits per heavy atom. The minimum Gasteiger partial charge on any atom is -0.381 e. The van der Waals surface area contributed by atoms with Gasteiger partial charge in [0.25, 0.3) is 0 Å². The number of hydrogen-bond acceptors (Lipinski definition) is 2. The fraction of sp³-hybridized carbons (Fsp3) is 0.538. The lowest BCUT2D eigenvalue weighted by molar-refractivity contribution is 0.229. The highest BCUT2D eigenvalue weighted by atomic mass is 79.9. The Morgan fingerprint density at radius 2 is 2.00 bits per heavy atom. The monoisotopic (exact) mass is 360 g/mol. The molecule has 0 aromatic heterocycles. The van der Waals surface area contributed by atoms with Gasteiger partial charge in [-0.05, 0) is 53.5 Å². The van der Waals surface area contributed by atoms with E-state index in [1.165, 1.54) is 38.2 Å². The molecule has 1 heterocycles. The number of nitrogens with zero attached hydrogens (tertiary/aromatic N) is 1. The van der Waals surface area contributed by atoms with Crippen LogP contribution in [0.1, 0.15) is 19.8 Å². The average Bonchev–Trinajstić information content (AvgIpc) is 2.35. The fourth-order valence-corrected chi connectivity index (χ4v) is 2.94. The standard InChI is InChI=1S/C13H18Br2N2/c1-2-17-7-5-11(6-8-17)16-13-9-10(14)3-4-12(13)15/h3-4,9,11,16H,2,5-8H2,1H3. The molecule has 1 N–H and O–H groups in total. The van der Waals surface area contributed by atoms with E-state index < -0.39 is 0 Å². The highest BCUT2D eigenvalue weighted by molar-refractivity contribution is 9.11. The van der Waals surface area contributed by atoms with Crippen LogP contribution in [0.25, 0.3) is 0 Å². The number of nitrogens with one attached hydrogen (secondary N) is 1. The van der Waals surface area contributed by atoms with Gasteiger partial charge in [0.05, 0.1) is 0 Å². The van der Waals surface area contributed by atoms with Crippen molar-refractivity contribution in [3.63, 3.8) is 0 Å². The van der Waals surface area contributed by atoms with Crippen LogP contribution < -0.4 is 5.32 Å². The zero-order valence-corrected chi connectivity index (χ0v) is 13.2. The van der Waals surface area contributed by atoms with Crippen molar-refractivity contribution in [3.8, 4) is 0 Å². The van der Waals surface area contributed by atoms with Crippen molar-refractivity contribution < 1.29 is 0 Å². The van der Waals surface area contributed by atoms with Gasteiger partial charge in [-0.2, -0.15) is 0 Å². The molecule has 0 amide bonds. The maximum Gasteiger partial charge on any atom is 0.0498 e. The number of hydrogen-bond donors (Lipinski definition) is 1. The maximum absolute atomic E-state index is 3.63. The summed E-state index contributed by atoms with van der Waals surface area (Å²) >= 11 is 7.10. The van der Waals surface area contributed by atoms with Crippen LogP contribution in [0.3, 0.4) is 0 Å². The van der Waals surface area contributed by atoms with E-state index in [1.54, 1.807) is 0 Å². The van der Waals surface area contributed by atoms with Gasteiger partial charge in [0.15, 0.2) is 0 Å². The molecular weight excluding hydrogens is 344 g/mol. The van der Waals surface area contributed by atoms with Crippen LogP contribution in [0.5, 0.6) is 0 Å². The Balaban J connectivity index is 1.95. The number of benzene rings is 1. The molecule has 0 spiro atoms. The van der Waals surface area contributed by atoms with Gasteiger partial charge in [-0.15, -0.1) is 0 Å². The number of piperidine rings is 1. The van der Waals surface area contributed by atoms with Crippen molar-refractivity contribution >= 4 is 37.5 Å². The molecule has 1 fully saturated rings. The molecule has 0 bridgehead atoms. The molecule has 0 unspecified atom stereocenters. The summed E-state index contributed by atoms with van der Waals surface area (Å²) in [6.45, 7) is 5.82. The van der Waals surface area contributed by atoms with Crippen LogP contribution in [-0.2, 0) is 0 Å². The normalized spacial score (nSPS) is 18.3. The first-order valence-corrected chi connectivity index (χ1v) is 7.71. The summed E-state index contributed by atoms with van der Waals surface area (Å²) in [5.41, 5.74) is 1.19. The molecule has 2 rings (SSSR count). The molecule has 0 aliphatic carbocycles. The zero-order chi connectivity index (χ0) is 12.3. The van der Waals surface area contributed by atoms with Gasteiger partial charge >= 0.3 is 0 Å². The third-order valence-electron chi connectivity index (χ3n) is 3.32.